The van der Waals surface area contributed by atoms with Gasteiger partial charge in [0.2, 0.25) is 0 Å². The highest BCUT2D eigenvalue weighted by Gasteiger charge is 2.47. The molecule has 0 atom stereocenters. The van der Waals surface area contributed by atoms with E-state index in [0.717, 1.165) is 31.5 Å². The van der Waals surface area contributed by atoms with Crippen LogP contribution in [0.1, 0.15) is 25.7 Å². The Morgan fingerprint density at radius 3 is 2.76 bits per heavy atom. The van der Waals surface area contributed by atoms with Gasteiger partial charge in [-0.2, -0.15) is 0 Å². The van der Waals surface area contributed by atoms with Crippen LogP contribution < -0.4 is 10.2 Å². The number of phenolic OH excluding ortho intramolecular Hbond substituents is 1. The molecule has 1 saturated carbocycles. The molecule has 2 fully saturated rings. The van der Waals surface area contributed by atoms with Crippen molar-refractivity contribution < 1.29 is 9.90 Å². The summed E-state index contributed by atoms with van der Waals surface area (Å²) in [4.78, 5) is 13.9. The van der Waals surface area contributed by atoms with Crippen molar-refractivity contribution in [3.05, 3.63) is 24.3 Å². The van der Waals surface area contributed by atoms with E-state index in [1.807, 2.05) is 11.0 Å². The SMILES string of the molecule is O=C1NCCC2(CCC2)N1c1cccc(O)c1. The van der Waals surface area contributed by atoms with E-state index in [1.165, 1.54) is 6.42 Å². The van der Waals surface area contributed by atoms with Crippen LogP contribution in [0.2, 0.25) is 0 Å². The van der Waals surface area contributed by atoms with Crippen molar-refractivity contribution in [2.75, 3.05) is 11.4 Å². The Morgan fingerprint density at radius 2 is 2.12 bits per heavy atom. The molecule has 0 radical (unpaired) electrons. The predicted molar refractivity (Wildman–Crippen MR) is 65.2 cm³/mol. The van der Waals surface area contributed by atoms with E-state index in [2.05, 4.69) is 5.32 Å². The number of amides is 2. The van der Waals surface area contributed by atoms with Crippen molar-refractivity contribution in [2.45, 2.75) is 31.2 Å². The van der Waals surface area contributed by atoms with Crippen LogP contribution in [0.25, 0.3) is 0 Å². The summed E-state index contributed by atoms with van der Waals surface area (Å²) in [7, 11) is 0. The number of rotatable bonds is 1. The van der Waals surface area contributed by atoms with E-state index < -0.39 is 0 Å². The number of benzene rings is 1. The highest BCUT2D eigenvalue weighted by Crippen LogP contribution is 2.44. The standard InChI is InChI=1S/C13H16N2O2/c16-11-4-1-3-10(9-11)15-12(17)14-8-7-13(15)5-2-6-13/h1,3-4,9,16H,2,5-8H2,(H,14,17). The lowest BCUT2D eigenvalue weighted by atomic mass is 9.72. The fourth-order valence-electron chi connectivity index (χ4n) is 2.89. The molecule has 2 amide bonds. The monoisotopic (exact) mass is 232 g/mol. The van der Waals surface area contributed by atoms with Gasteiger partial charge in [-0.05, 0) is 37.8 Å². The third kappa shape index (κ3) is 1.55. The fraction of sp³-hybridized carbons (Fsp3) is 0.462. The first-order chi connectivity index (χ1) is 8.21. The van der Waals surface area contributed by atoms with Crippen LogP contribution in [-0.2, 0) is 0 Å². The average molecular weight is 232 g/mol. The third-order valence-electron chi connectivity index (χ3n) is 3.92. The third-order valence-corrected chi connectivity index (χ3v) is 3.92. The van der Waals surface area contributed by atoms with E-state index in [1.54, 1.807) is 18.2 Å². The topological polar surface area (TPSA) is 52.6 Å². The van der Waals surface area contributed by atoms with Crippen molar-refractivity contribution in [3.8, 4) is 5.75 Å². The summed E-state index contributed by atoms with van der Waals surface area (Å²) in [5.74, 6) is 0.204. The first kappa shape index (κ1) is 10.4. The molecular weight excluding hydrogens is 216 g/mol. The number of urea groups is 1. The molecule has 3 rings (SSSR count). The summed E-state index contributed by atoms with van der Waals surface area (Å²) in [5.41, 5.74) is 0.790. The molecule has 0 bridgehead atoms. The van der Waals surface area contributed by atoms with Gasteiger partial charge in [0.05, 0.1) is 5.54 Å². The Morgan fingerprint density at radius 1 is 1.29 bits per heavy atom. The quantitative estimate of drug-likeness (QED) is 0.780. The smallest absolute Gasteiger partial charge is 0.322 e. The minimum atomic E-state index is -0.0402. The number of hydrogen-bond donors (Lipinski definition) is 2. The Labute approximate surface area is 100 Å². The molecule has 1 spiro atoms. The Bertz CT molecular complexity index is 454. The van der Waals surface area contributed by atoms with Gasteiger partial charge in [-0.15, -0.1) is 0 Å². The molecule has 90 valence electrons. The Balaban J connectivity index is 2.00. The second-order valence-corrected chi connectivity index (χ2v) is 4.92. The average Bonchev–Trinajstić information content (AvgIpc) is 2.26. The molecule has 4 nitrogen and oxygen atoms in total. The molecule has 0 aromatic heterocycles. The lowest BCUT2D eigenvalue weighted by Gasteiger charge is -2.52. The number of aromatic hydroxyl groups is 1. The number of carbonyl (C=O) groups excluding carboxylic acids is 1. The van der Waals surface area contributed by atoms with Gasteiger partial charge in [0.25, 0.3) is 0 Å². The summed E-state index contributed by atoms with van der Waals surface area (Å²) < 4.78 is 0. The maximum absolute atomic E-state index is 12.0. The van der Waals surface area contributed by atoms with Gasteiger partial charge >= 0.3 is 6.03 Å². The fourth-order valence-corrected chi connectivity index (χ4v) is 2.89. The van der Waals surface area contributed by atoms with Gasteiger partial charge < -0.3 is 10.4 Å². The van der Waals surface area contributed by atoms with Crippen LogP contribution in [0, 0.1) is 0 Å². The van der Waals surface area contributed by atoms with Crippen LogP contribution in [0.5, 0.6) is 5.75 Å². The van der Waals surface area contributed by atoms with Crippen molar-refractivity contribution >= 4 is 11.7 Å². The molecule has 0 unspecified atom stereocenters. The number of anilines is 1. The first-order valence-corrected chi connectivity index (χ1v) is 6.08. The molecule has 1 aliphatic carbocycles. The molecule has 2 N–H and O–H groups in total. The molecule has 1 aromatic rings. The molecule has 1 aromatic carbocycles. The maximum atomic E-state index is 12.0. The highest BCUT2D eigenvalue weighted by molar-refractivity contribution is 5.94. The normalized spacial score (nSPS) is 22.1. The van der Waals surface area contributed by atoms with Gasteiger partial charge in [0.1, 0.15) is 5.75 Å². The molecule has 1 saturated heterocycles. The van der Waals surface area contributed by atoms with Gasteiger partial charge in [-0.1, -0.05) is 6.07 Å². The van der Waals surface area contributed by atoms with Gasteiger partial charge in [-0.3, -0.25) is 4.90 Å². The van der Waals surface area contributed by atoms with E-state index in [4.69, 9.17) is 0 Å². The van der Waals surface area contributed by atoms with Crippen LogP contribution in [0.4, 0.5) is 10.5 Å². The van der Waals surface area contributed by atoms with Crippen molar-refractivity contribution in [3.63, 3.8) is 0 Å². The second kappa shape index (κ2) is 3.65. The summed E-state index contributed by atoms with van der Waals surface area (Å²) in [5, 5.41) is 12.4. The zero-order chi connectivity index (χ0) is 11.9. The Kier molecular flexibility index (Phi) is 2.24. The molecule has 17 heavy (non-hydrogen) atoms. The highest BCUT2D eigenvalue weighted by atomic mass is 16.3. The van der Waals surface area contributed by atoms with Crippen LogP contribution in [-0.4, -0.2) is 23.2 Å². The number of nitrogens with one attached hydrogen (secondary N) is 1. The number of hydrogen-bond acceptors (Lipinski definition) is 2. The maximum Gasteiger partial charge on any atom is 0.322 e. The van der Waals surface area contributed by atoms with Gasteiger partial charge in [0.15, 0.2) is 0 Å². The molecular formula is C13H16N2O2. The summed E-state index contributed by atoms with van der Waals surface area (Å²) >= 11 is 0. The minimum Gasteiger partial charge on any atom is -0.508 e. The second-order valence-electron chi connectivity index (χ2n) is 4.92. The number of phenols is 1. The van der Waals surface area contributed by atoms with Crippen LogP contribution in [0.15, 0.2) is 24.3 Å². The van der Waals surface area contributed by atoms with Crippen molar-refractivity contribution in [2.24, 2.45) is 0 Å². The zero-order valence-electron chi connectivity index (χ0n) is 9.65. The van der Waals surface area contributed by atoms with E-state index in [9.17, 15) is 9.90 Å². The zero-order valence-corrected chi connectivity index (χ0v) is 9.65. The van der Waals surface area contributed by atoms with Gasteiger partial charge in [-0.25, -0.2) is 4.79 Å². The Hall–Kier alpha value is -1.71. The molecule has 1 aliphatic heterocycles. The van der Waals surface area contributed by atoms with E-state index in [0.29, 0.717) is 0 Å². The lowest BCUT2D eigenvalue weighted by molar-refractivity contribution is 0.178. The van der Waals surface area contributed by atoms with Gasteiger partial charge in [0, 0.05) is 18.3 Å². The first-order valence-electron chi connectivity index (χ1n) is 6.08. The molecule has 4 heteroatoms. The number of carbonyl (C=O) groups is 1. The largest absolute Gasteiger partial charge is 0.508 e. The van der Waals surface area contributed by atoms with Crippen LogP contribution in [0.3, 0.4) is 0 Å². The summed E-state index contributed by atoms with van der Waals surface area (Å²) in [6, 6.07) is 6.90. The lowest BCUT2D eigenvalue weighted by Crippen LogP contribution is -2.64. The minimum absolute atomic E-state index is 0.00384. The van der Waals surface area contributed by atoms with Crippen molar-refractivity contribution in [1.82, 2.24) is 5.32 Å². The summed E-state index contributed by atoms with van der Waals surface area (Å²) in [6.45, 7) is 0.758. The van der Waals surface area contributed by atoms with Crippen LogP contribution >= 0.6 is 0 Å². The molecule has 2 aliphatic rings. The van der Waals surface area contributed by atoms with E-state index >= 15 is 0 Å². The van der Waals surface area contributed by atoms with E-state index in [-0.39, 0.29) is 17.3 Å². The predicted octanol–water partition coefficient (Wildman–Crippen LogP) is 2.23. The summed E-state index contributed by atoms with van der Waals surface area (Å²) in [6.07, 6.45) is 4.31. The number of nitrogens with zero attached hydrogens (tertiary/aromatic N) is 1. The van der Waals surface area contributed by atoms with Crippen molar-refractivity contribution in [1.29, 1.82) is 0 Å². The molecule has 1 heterocycles.